The van der Waals surface area contributed by atoms with E-state index in [1.54, 1.807) is 47.6 Å². The number of nitrogens with zero attached hydrogens (tertiary/aromatic N) is 2. The Balaban J connectivity index is 1.60. The van der Waals surface area contributed by atoms with E-state index in [9.17, 15) is 14.0 Å². The molecule has 0 bridgehead atoms. The van der Waals surface area contributed by atoms with Crippen molar-refractivity contribution in [1.29, 1.82) is 0 Å². The third-order valence-corrected chi connectivity index (χ3v) is 4.91. The molecule has 1 aliphatic heterocycles. The third-order valence-electron chi connectivity index (χ3n) is 4.91. The number of anilines is 1. The van der Waals surface area contributed by atoms with E-state index in [2.05, 4.69) is 20.0 Å². The zero-order valence-electron chi connectivity index (χ0n) is 15.7. The van der Waals surface area contributed by atoms with E-state index < -0.39 is 12.0 Å². The van der Waals surface area contributed by atoms with Gasteiger partial charge in [0, 0.05) is 24.3 Å². The lowest BCUT2D eigenvalue weighted by Gasteiger charge is -2.35. The standard InChI is InChI=1S/C21H19FN4O3/c1-29-20(27)13-5-7-16(8-6-13)25-21(28)26-10-9-17-18(24-12-23-17)19(26)14-3-2-4-15(22)11-14/h2-8,11-12,19H,9-10H2,1H3,(H,23,24)(H,25,28). The van der Waals surface area contributed by atoms with Crippen molar-refractivity contribution in [3.05, 3.63) is 83.2 Å². The zero-order chi connectivity index (χ0) is 20.4. The summed E-state index contributed by atoms with van der Waals surface area (Å²) in [5, 5.41) is 2.84. The van der Waals surface area contributed by atoms with Gasteiger partial charge in [-0.05, 0) is 42.0 Å². The molecule has 29 heavy (non-hydrogen) atoms. The molecule has 0 radical (unpaired) electrons. The number of carbonyl (C=O) groups excluding carboxylic acids is 2. The van der Waals surface area contributed by atoms with Crippen LogP contribution in [-0.2, 0) is 11.2 Å². The molecule has 2 amide bonds. The second-order valence-electron chi connectivity index (χ2n) is 6.67. The maximum atomic E-state index is 13.8. The van der Waals surface area contributed by atoms with Crippen LogP contribution in [0.15, 0.2) is 54.9 Å². The monoisotopic (exact) mass is 394 g/mol. The predicted molar refractivity (Wildman–Crippen MR) is 104 cm³/mol. The maximum absolute atomic E-state index is 13.8. The number of hydrogen-bond donors (Lipinski definition) is 2. The first-order valence-electron chi connectivity index (χ1n) is 9.10. The Bertz CT molecular complexity index is 1050. The fourth-order valence-corrected chi connectivity index (χ4v) is 3.51. The summed E-state index contributed by atoms with van der Waals surface area (Å²) >= 11 is 0. The SMILES string of the molecule is COC(=O)c1ccc(NC(=O)N2CCc3[nH]cnc3C2c2cccc(F)c2)cc1. The van der Waals surface area contributed by atoms with Crippen molar-refractivity contribution in [3.8, 4) is 0 Å². The number of nitrogens with one attached hydrogen (secondary N) is 2. The molecule has 0 saturated heterocycles. The van der Waals surface area contributed by atoms with Crippen LogP contribution in [0.4, 0.5) is 14.9 Å². The molecule has 148 valence electrons. The Morgan fingerprint density at radius 1 is 1.24 bits per heavy atom. The van der Waals surface area contributed by atoms with Crippen molar-refractivity contribution in [1.82, 2.24) is 14.9 Å². The molecule has 1 aliphatic rings. The Kier molecular flexibility index (Phi) is 4.99. The summed E-state index contributed by atoms with van der Waals surface area (Å²) < 4.78 is 18.5. The molecule has 0 aliphatic carbocycles. The summed E-state index contributed by atoms with van der Waals surface area (Å²) in [6, 6.07) is 11.8. The van der Waals surface area contributed by atoms with E-state index >= 15 is 0 Å². The van der Waals surface area contributed by atoms with Gasteiger partial charge in [0.25, 0.3) is 0 Å². The fourth-order valence-electron chi connectivity index (χ4n) is 3.51. The van der Waals surface area contributed by atoms with Gasteiger partial charge in [0.05, 0.1) is 24.7 Å². The Labute approximate surface area is 166 Å². The van der Waals surface area contributed by atoms with Crippen LogP contribution >= 0.6 is 0 Å². The zero-order valence-corrected chi connectivity index (χ0v) is 15.7. The number of aromatic amines is 1. The highest BCUT2D eigenvalue weighted by Gasteiger charge is 2.34. The first kappa shape index (κ1) is 18.7. The van der Waals surface area contributed by atoms with Crippen LogP contribution in [0.2, 0.25) is 0 Å². The smallest absolute Gasteiger partial charge is 0.337 e. The molecule has 2 aromatic carbocycles. The molecule has 1 aromatic heterocycles. The van der Waals surface area contributed by atoms with Gasteiger partial charge in [-0.1, -0.05) is 12.1 Å². The number of esters is 1. The van der Waals surface area contributed by atoms with Crippen LogP contribution in [0.5, 0.6) is 0 Å². The summed E-state index contributed by atoms with van der Waals surface area (Å²) in [6.07, 6.45) is 2.21. The largest absolute Gasteiger partial charge is 0.465 e. The van der Waals surface area contributed by atoms with Gasteiger partial charge >= 0.3 is 12.0 Å². The van der Waals surface area contributed by atoms with Crippen LogP contribution in [0, 0.1) is 5.82 Å². The van der Waals surface area contributed by atoms with Crippen molar-refractivity contribution < 1.29 is 18.7 Å². The number of halogens is 1. The number of benzene rings is 2. The third kappa shape index (κ3) is 3.69. The first-order valence-corrected chi connectivity index (χ1v) is 9.10. The van der Waals surface area contributed by atoms with Gasteiger partial charge in [0.2, 0.25) is 0 Å². The van der Waals surface area contributed by atoms with Crippen LogP contribution in [-0.4, -0.2) is 40.5 Å². The highest BCUT2D eigenvalue weighted by atomic mass is 19.1. The van der Waals surface area contributed by atoms with E-state index in [1.807, 2.05) is 0 Å². The highest BCUT2D eigenvalue weighted by molar-refractivity contribution is 5.92. The summed E-state index contributed by atoms with van der Waals surface area (Å²) in [6.45, 7) is 0.447. The fraction of sp³-hybridized carbons (Fsp3) is 0.190. The molecule has 0 saturated carbocycles. The minimum absolute atomic E-state index is 0.335. The highest BCUT2D eigenvalue weighted by Crippen LogP contribution is 2.34. The minimum atomic E-state index is -0.505. The number of urea groups is 1. The van der Waals surface area contributed by atoms with Gasteiger partial charge in [-0.3, -0.25) is 0 Å². The number of amides is 2. The molecule has 0 fully saturated rings. The molecule has 2 heterocycles. The number of H-pyrrole nitrogens is 1. The number of fused-ring (bicyclic) bond motifs is 1. The van der Waals surface area contributed by atoms with E-state index in [-0.39, 0.29) is 11.8 Å². The second-order valence-corrected chi connectivity index (χ2v) is 6.67. The van der Waals surface area contributed by atoms with Crippen LogP contribution in [0.25, 0.3) is 0 Å². The summed E-state index contributed by atoms with van der Waals surface area (Å²) in [4.78, 5) is 33.7. The number of ether oxygens (including phenoxy) is 1. The molecule has 3 aromatic rings. The number of imidazole rings is 1. The summed E-state index contributed by atoms with van der Waals surface area (Å²) in [7, 11) is 1.31. The van der Waals surface area contributed by atoms with Gasteiger partial charge in [0.15, 0.2) is 0 Å². The summed E-state index contributed by atoms with van der Waals surface area (Å²) in [5.74, 6) is -0.819. The summed E-state index contributed by atoms with van der Waals surface area (Å²) in [5.41, 5.74) is 3.22. The second kappa shape index (κ2) is 7.75. The molecule has 7 nitrogen and oxygen atoms in total. The van der Waals surface area contributed by atoms with Gasteiger partial charge < -0.3 is 19.9 Å². The Morgan fingerprint density at radius 2 is 2.03 bits per heavy atom. The normalized spacial score (nSPS) is 15.5. The quantitative estimate of drug-likeness (QED) is 0.666. The Hall–Kier alpha value is -3.68. The van der Waals surface area contributed by atoms with Gasteiger partial charge in [-0.15, -0.1) is 0 Å². The van der Waals surface area contributed by atoms with Crippen LogP contribution < -0.4 is 5.32 Å². The average Bonchev–Trinajstić information content (AvgIpc) is 3.21. The van der Waals surface area contributed by atoms with Crippen molar-refractivity contribution in [2.75, 3.05) is 19.0 Å². The van der Waals surface area contributed by atoms with Crippen molar-refractivity contribution in [3.63, 3.8) is 0 Å². The number of methoxy groups -OCH3 is 1. The van der Waals surface area contributed by atoms with Crippen LogP contribution in [0.3, 0.4) is 0 Å². The van der Waals surface area contributed by atoms with Gasteiger partial charge in [-0.25, -0.2) is 19.0 Å². The molecular weight excluding hydrogens is 375 g/mol. The molecule has 8 heteroatoms. The topological polar surface area (TPSA) is 87.3 Å². The Morgan fingerprint density at radius 3 is 2.76 bits per heavy atom. The van der Waals surface area contributed by atoms with Crippen LogP contribution in [0.1, 0.15) is 33.4 Å². The van der Waals surface area contributed by atoms with E-state index in [0.717, 1.165) is 5.69 Å². The molecule has 4 rings (SSSR count). The van der Waals surface area contributed by atoms with Crippen molar-refractivity contribution >= 4 is 17.7 Å². The minimum Gasteiger partial charge on any atom is -0.465 e. The van der Waals surface area contributed by atoms with Gasteiger partial charge in [0.1, 0.15) is 11.9 Å². The lowest BCUT2D eigenvalue weighted by atomic mass is 9.96. The average molecular weight is 394 g/mol. The first-order chi connectivity index (χ1) is 14.1. The van der Waals surface area contributed by atoms with Crippen molar-refractivity contribution in [2.45, 2.75) is 12.5 Å². The molecule has 2 N–H and O–H groups in total. The molecule has 1 atom stereocenters. The predicted octanol–water partition coefficient (Wildman–Crippen LogP) is 3.52. The van der Waals surface area contributed by atoms with E-state index in [4.69, 9.17) is 0 Å². The lowest BCUT2D eigenvalue weighted by Crippen LogP contribution is -2.43. The van der Waals surface area contributed by atoms with E-state index in [1.165, 1.54) is 19.2 Å². The molecule has 0 spiro atoms. The van der Waals surface area contributed by atoms with Gasteiger partial charge in [-0.2, -0.15) is 0 Å². The lowest BCUT2D eigenvalue weighted by molar-refractivity contribution is 0.0600. The maximum Gasteiger partial charge on any atom is 0.337 e. The molecular formula is C21H19FN4O3. The molecule has 1 unspecified atom stereocenters. The van der Waals surface area contributed by atoms with Crippen molar-refractivity contribution in [2.24, 2.45) is 0 Å². The number of aromatic nitrogens is 2. The number of rotatable bonds is 3. The number of hydrogen-bond acceptors (Lipinski definition) is 4. The van der Waals surface area contributed by atoms with E-state index in [0.29, 0.717) is 35.5 Å². The number of carbonyl (C=O) groups is 2.